The molecule has 0 aromatic heterocycles. The summed E-state index contributed by atoms with van der Waals surface area (Å²) in [4.78, 5) is 94.8. The molecule has 0 aliphatic rings. The zero-order valence-corrected chi connectivity index (χ0v) is 42.8. The smallest absolute Gasteiger partial charge is 0.341 e. The summed E-state index contributed by atoms with van der Waals surface area (Å²) in [6, 6.07) is 18.3. The molecule has 0 aliphatic heterocycles. The van der Waals surface area contributed by atoms with Crippen LogP contribution in [0.1, 0.15) is 171 Å². The van der Waals surface area contributed by atoms with E-state index in [1.165, 1.54) is 96.7 Å². The highest BCUT2D eigenvalue weighted by molar-refractivity contribution is 6.68. The number of aliphatic hydroxyl groups is 2. The summed E-state index contributed by atoms with van der Waals surface area (Å²) in [5, 5.41) is 17.3. The molecule has 3 rings (SSSR count). The van der Waals surface area contributed by atoms with Crippen molar-refractivity contribution >= 4 is 58.6 Å². The van der Waals surface area contributed by atoms with E-state index in [1.54, 1.807) is 36.4 Å². The lowest BCUT2D eigenvalue weighted by molar-refractivity contribution is -0.161. The molecule has 0 atom stereocenters. The largest absolute Gasteiger partial charge is 0.465 e. The fourth-order valence-electron chi connectivity index (χ4n) is 6.02. The fourth-order valence-corrected chi connectivity index (χ4v) is 6.17. The molecule has 0 amide bonds. The average molecular weight is 1050 g/mol. The molecule has 0 aliphatic carbocycles. The predicted octanol–water partition coefficient (Wildman–Crippen LogP) is 10.6. The van der Waals surface area contributed by atoms with Gasteiger partial charge in [-0.15, -0.1) is 0 Å². The Morgan fingerprint density at radius 1 is 0.452 bits per heavy atom. The van der Waals surface area contributed by atoms with Gasteiger partial charge in [0.15, 0.2) is 0 Å². The van der Waals surface area contributed by atoms with E-state index in [4.69, 9.17) is 55.0 Å². The van der Waals surface area contributed by atoms with Crippen molar-refractivity contribution in [1.29, 1.82) is 0 Å². The van der Waals surface area contributed by atoms with E-state index in [9.17, 15) is 38.4 Å². The predicted molar refractivity (Wildman–Crippen MR) is 277 cm³/mol. The first-order valence-corrected chi connectivity index (χ1v) is 24.1. The van der Waals surface area contributed by atoms with Crippen molar-refractivity contribution in [3.8, 4) is 17.2 Å². The number of hydrogen-bond acceptors (Lipinski definition) is 17. The number of hydrogen-bond donors (Lipinski definition) is 2. The summed E-state index contributed by atoms with van der Waals surface area (Å²) in [7, 11) is 0. The van der Waals surface area contributed by atoms with E-state index in [0.717, 1.165) is 44.9 Å². The summed E-state index contributed by atoms with van der Waals surface area (Å²) < 4.78 is 36.3. The average Bonchev–Trinajstić information content (AvgIpc) is 3.34. The lowest BCUT2D eigenvalue weighted by atomic mass is 9.93. The molecule has 0 heterocycles. The van der Waals surface area contributed by atoms with Gasteiger partial charge in [0.2, 0.25) is 0 Å². The van der Waals surface area contributed by atoms with Gasteiger partial charge in [-0.2, -0.15) is 0 Å². The molecule has 0 bridgehead atoms. The van der Waals surface area contributed by atoms with Gasteiger partial charge in [0, 0.05) is 20.8 Å². The Balaban J connectivity index is 0. The second kappa shape index (κ2) is 38.4. The van der Waals surface area contributed by atoms with Crippen LogP contribution in [0.25, 0.3) is 0 Å². The van der Waals surface area contributed by atoms with E-state index < -0.39 is 84.3 Å². The maximum Gasteiger partial charge on any atom is 0.341 e. The zero-order valence-electron chi connectivity index (χ0n) is 42.1. The molecule has 18 heteroatoms. The second-order valence-corrected chi connectivity index (χ2v) is 17.3. The highest BCUT2D eigenvalue weighted by atomic mass is 35.5. The Hall–Kier alpha value is -6.17. The van der Waals surface area contributed by atoms with Crippen LogP contribution in [0.3, 0.4) is 0 Å². The Labute approximate surface area is 436 Å². The molecule has 73 heavy (non-hydrogen) atoms. The zero-order chi connectivity index (χ0) is 53.2. The van der Waals surface area contributed by atoms with E-state index in [1.807, 2.05) is 0 Å². The van der Waals surface area contributed by atoms with E-state index >= 15 is 0 Å². The number of rotatable bonds is 28. The van der Waals surface area contributed by atoms with Crippen LogP contribution in [-0.4, -0.2) is 96.9 Å². The van der Waals surface area contributed by atoms with Gasteiger partial charge in [0.1, 0.15) is 52.4 Å². The third kappa shape index (κ3) is 27.5. The number of unbranched alkanes of at least 4 members (excludes halogenated alkanes) is 10. The maximum absolute atomic E-state index is 13.2. The number of carbonyl (C=O) groups excluding carboxylic acids is 8. The van der Waals surface area contributed by atoms with Gasteiger partial charge in [-0.3, -0.25) is 28.8 Å². The molecule has 0 saturated carbocycles. The molecule has 0 saturated heterocycles. The van der Waals surface area contributed by atoms with Crippen LogP contribution in [0.2, 0.25) is 0 Å². The van der Waals surface area contributed by atoms with Crippen LogP contribution in [-0.2, 0) is 42.9 Å². The number of benzene rings is 3. The number of ether oxygens (including phenoxy) is 7. The standard InChI is InChI=1S/C31H38O10.C13H26O4.C9H7ClO3.2CH4/c1-5-6-7-8-9-14-19-37-30(36)31(4,20-38-28(34)24-15-10-12-17-26(24)40-22(2)32)21-39-29(35)25-16-11-13-18-27(25)41-23(3)33;1-3-4-5-6-7-8-9-17-12(16)13(2,10-14)11-15;1-6(11)13-8-5-3-2-4-7(8)9(10)12;;/h10-13,15-18H,5-9,14,19-21H2,1-4H3;14-15H,3-11H2,1-2H3;2-5H,1H3;2*1H4. The molecule has 3 aromatic carbocycles. The third-order valence-electron chi connectivity index (χ3n) is 10.3. The van der Waals surface area contributed by atoms with Gasteiger partial charge < -0.3 is 43.4 Å². The number of para-hydroxylation sites is 3. The molecule has 0 spiro atoms. The normalized spacial score (nSPS) is 10.4. The molecule has 2 N–H and O–H groups in total. The minimum atomic E-state index is -1.57. The summed E-state index contributed by atoms with van der Waals surface area (Å²) >= 11 is 5.26. The minimum absolute atomic E-state index is 0. The van der Waals surface area contributed by atoms with Crippen LogP contribution in [0.5, 0.6) is 17.2 Å². The molecular formula is C55H79ClO17. The maximum atomic E-state index is 13.2. The van der Waals surface area contributed by atoms with Gasteiger partial charge >= 0.3 is 41.8 Å². The van der Waals surface area contributed by atoms with Crippen molar-refractivity contribution in [3.05, 3.63) is 89.5 Å². The lowest BCUT2D eigenvalue weighted by Gasteiger charge is -2.26. The van der Waals surface area contributed by atoms with Gasteiger partial charge in [-0.25, -0.2) is 9.59 Å². The van der Waals surface area contributed by atoms with Crippen molar-refractivity contribution in [3.63, 3.8) is 0 Å². The van der Waals surface area contributed by atoms with Crippen LogP contribution in [0.15, 0.2) is 72.8 Å². The number of aliphatic hydroxyl groups excluding tert-OH is 2. The molecular weight excluding hydrogens is 968 g/mol. The number of halogens is 1. The SMILES string of the molecule is C.C.CC(=O)Oc1ccccc1C(=O)Cl.CCCCCCCCOC(=O)C(C)(CO)CO.CCCCCCCCOC(=O)C(C)(COC(=O)c1ccccc1OC(C)=O)COC(=O)c1ccccc1OC(C)=O. The first kappa shape index (κ1) is 68.9. The van der Waals surface area contributed by atoms with Gasteiger partial charge in [0.05, 0.1) is 32.0 Å². The molecule has 0 unspecified atom stereocenters. The van der Waals surface area contributed by atoms with Crippen molar-refractivity contribution in [2.24, 2.45) is 10.8 Å². The Morgan fingerprint density at radius 2 is 0.753 bits per heavy atom. The van der Waals surface area contributed by atoms with Gasteiger partial charge in [-0.05, 0) is 74.7 Å². The minimum Gasteiger partial charge on any atom is -0.465 e. The van der Waals surface area contributed by atoms with Crippen LogP contribution in [0, 0.1) is 10.8 Å². The fraction of sp³-hybridized carbons (Fsp3) is 0.527. The van der Waals surface area contributed by atoms with Crippen molar-refractivity contribution < 1.29 is 81.7 Å². The third-order valence-corrected chi connectivity index (χ3v) is 10.5. The monoisotopic (exact) mass is 1050 g/mol. The molecule has 0 fully saturated rings. The summed E-state index contributed by atoms with van der Waals surface area (Å²) in [5.41, 5.74) is -2.57. The quantitative estimate of drug-likeness (QED) is 0.0226. The Morgan fingerprint density at radius 3 is 1.08 bits per heavy atom. The first-order chi connectivity index (χ1) is 33.8. The second-order valence-electron chi connectivity index (χ2n) is 16.9. The highest BCUT2D eigenvalue weighted by Crippen LogP contribution is 2.27. The van der Waals surface area contributed by atoms with Crippen LogP contribution >= 0.6 is 11.6 Å². The van der Waals surface area contributed by atoms with Crippen molar-refractivity contribution in [2.45, 2.75) is 140 Å². The van der Waals surface area contributed by atoms with Gasteiger partial charge in [-0.1, -0.05) is 129 Å². The summed E-state index contributed by atoms with van der Waals surface area (Å²) in [5.74, 6) is -4.43. The van der Waals surface area contributed by atoms with Crippen LogP contribution in [0.4, 0.5) is 0 Å². The number of esters is 7. The first-order valence-electron chi connectivity index (χ1n) is 23.7. The molecule has 408 valence electrons. The summed E-state index contributed by atoms with van der Waals surface area (Å²) in [6.45, 7) is 9.69. The number of carbonyl (C=O) groups is 8. The topological polar surface area (TPSA) is 242 Å². The van der Waals surface area contributed by atoms with Gasteiger partial charge in [0.25, 0.3) is 5.24 Å². The van der Waals surface area contributed by atoms with E-state index in [2.05, 4.69) is 13.8 Å². The Kier molecular flexibility index (Phi) is 36.3. The van der Waals surface area contributed by atoms with Crippen molar-refractivity contribution in [2.75, 3.05) is 39.6 Å². The van der Waals surface area contributed by atoms with Crippen molar-refractivity contribution in [1.82, 2.24) is 0 Å². The Bertz CT molecular complexity index is 2070. The lowest BCUT2D eigenvalue weighted by Crippen LogP contribution is -2.40. The molecule has 3 aromatic rings. The van der Waals surface area contributed by atoms with Crippen LogP contribution < -0.4 is 14.2 Å². The summed E-state index contributed by atoms with van der Waals surface area (Å²) in [6.07, 6.45) is 12.8. The molecule has 0 radical (unpaired) electrons. The van der Waals surface area contributed by atoms with E-state index in [-0.39, 0.29) is 55.4 Å². The molecule has 17 nitrogen and oxygen atoms in total. The van der Waals surface area contributed by atoms with E-state index in [0.29, 0.717) is 13.0 Å². The highest BCUT2D eigenvalue weighted by Gasteiger charge is 2.39.